The number of Topliss-reactive ketones (excluding diaryl/α,β-unsaturated/α-hetero) is 1. The van der Waals surface area contributed by atoms with E-state index in [0.717, 1.165) is 40.5 Å². The molecule has 1 aromatic rings. The van der Waals surface area contributed by atoms with E-state index in [9.17, 15) is 4.79 Å². The van der Waals surface area contributed by atoms with Crippen molar-refractivity contribution in [2.24, 2.45) is 0 Å². The van der Waals surface area contributed by atoms with Crippen LogP contribution in [-0.4, -0.2) is 18.4 Å². The molecule has 17 heavy (non-hydrogen) atoms. The predicted molar refractivity (Wildman–Crippen MR) is 73.6 cm³/mol. The molecule has 1 heterocycles. The van der Waals surface area contributed by atoms with Crippen molar-refractivity contribution in [2.75, 3.05) is 6.54 Å². The van der Waals surface area contributed by atoms with Crippen LogP contribution in [0.15, 0.2) is 16.6 Å². The van der Waals surface area contributed by atoms with Crippen LogP contribution in [0.4, 0.5) is 0 Å². The van der Waals surface area contributed by atoms with Gasteiger partial charge in [0.15, 0.2) is 5.78 Å². The van der Waals surface area contributed by atoms with E-state index in [2.05, 4.69) is 21.2 Å². The van der Waals surface area contributed by atoms with Crippen LogP contribution in [0.2, 0.25) is 0 Å². The molecule has 0 aromatic heterocycles. The molecule has 1 unspecified atom stereocenters. The van der Waals surface area contributed by atoms with Crippen LogP contribution in [0.25, 0.3) is 0 Å². The summed E-state index contributed by atoms with van der Waals surface area (Å²) in [5.74, 6) is 0.248. The fourth-order valence-corrected chi connectivity index (χ4v) is 2.77. The van der Waals surface area contributed by atoms with Crippen LogP contribution in [0, 0.1) is 13.8 Å². The first-order chi connectivity index (χ1) is 8.09. The van der Waals surface area contributed by atoms with Gasteiger partial charge in [-0.2, -0.15) is 0 Å². The molecule has 0 spiro atoms. The molecular formula is C14H18BrNO. The SMILES string of the molecule is Cc1cc(C(=O)C2CCCCN2)c(C)cc1Br. The maximum atomic E-state index is 12.4. The van der Waals surface area contributed by atoms with Gasteiger partial charge in [0.05, 0.1) is 6.04 Å². The summed E-state index contributed by atoms with van der Waals surface area (Å²) in [6.45, 7) is 4.99. The van der Waals surface area contributed by atoms with Crippen molar-refractivity contribution in [3.8, 4) is 0 Å². The van der Waals surface area contributed by atoms with Crippen molar-refractivity contribution < 1.29 is 4.79 Å². The van der Waals surface area contributed by atoms with E-state index in [1.807, 2.05) is 26.0 Å². The van der Waals surface area contributed by atoms with Gasteiger partial charge in [0, 0.05) is 10.0 Å². The average molecular weight is 296 g/mol. The summed E-state index contributed by atoms with van der Waals surface area (Å²) in [6, 6.07) is 4.05. The third kappa shape index (κ3) is 2.78. The van der Waals surface area contributed by atoms with Gasteiger partial charge < -0.3 is 5.32 Å². The zero-order valence-corrected chi connectivity index (χ0v) is 11.9. The van der Waals surface area contributed by atoms with E-state index in [0.29, 0.717) is 0 Å². The zero-order valence-electron chi connectivity index (χ0n) is 10.3. The molecule has 0 bridgehead atoms. The Labute approximate surface area is 111 Å². The van der Waals surface area contributed by atoms with Crippen LogP contribution < -0.4 is 5.32 Å². The topological polar surface area (TPSA) is 29.1 Å². The molecule has 0 amide bonds. The second-order valence-electron chi connectivity index (χ2n) is 4.78. The van der Waals surface area contributed by atoms with Crippen LogP contribution in [0.3, 0.4) is 0 Å². The van der Waals surface area contributed by atoms with E-state index < -0.39 is 0 Å². The second-order valence-corrected chi connectivity index (χ2v) is 5.64. The molecule has 1 aliphatic heterocycles. The number of carbonyl (C=O) groups is 1. The van der Waals surface area contributed by atoms with Gasteiger partial charge in [-0.05, 0) is 56.5 Å². The third-order valence-electron chi connectivity index (χ3n) is 3.40. The molecule has 92 valence electrons. The molecule has 1 saturated heterocycles. The van der Waals surface area contributed by atoms with Gasteiger partial charge in [-0.1, -0.05) is 22.4 Å². The summed E-state index contributed by atoms with van der Waals surface area (Å²) in [7, 11) is 0. The van der Waals surface area contributed by atoms with E-state index >= 15 is 0 Å². The number of benzene rings is 1. The van der Waals surface area contributed by atoms with Crippen molar-refractivity contribution in [3.63, 3.8) is 0 Å². The Morgan fingerprint density at radius 3 is 2.71 bits per heavy atom. The van der Waals surface area contributed by atoms with Crippen LogP contribution in [0.5, 0.6) is 0 Å². The first-order valence-corrected chi connectivity index (χ1v) is 6.93. The fourth-order valence-electron chi connectivity index (χ4n) is 2.31. The molecule has 1 aromatic carbocycles. The molecule has 0 aliphatic carbocycles. The van der Waals surface area contributed by atoms with Gasteiger partial charge in [-0.3, -0.25) is 4.79 Å². The first-order valence-electron chi connectivity index (χ1n) is 6.14. The molecule has 0 saturated carbocycles. The Morgan fingerprint density at radius 2 is 2.06 bits per heavy atom. The normalized spacial score (nSPS) is 20.3. The number of hydrogen-bond donors (Lipinski definition) is 1. The minimum absolute atomic E-state index is 0.0167. The van der Waals surface area contributed by atoms with Gasteiger partial charge in [0.2, 0.25) is 0 Å². The highest BCUT2D eigenvalue weighted by molar-refractivity contribution is 9.10. The molecule has 1 aliphatic rings. The lowest BCUT2D eigenvalue weighted by Gasteiger charge is -2.23. The number of halogens is 1. The van der Waals surface area contributed by atoms with Crippen LogP contribution in [-0.2, 0) is 0 Å². The molecule has 1 N–H and O–H groups in total. The van der Waals surface area contributed by atoms with E-state index in [1.54, 1.807) is 0 Å². The third-order valence-corrected chi connectivity index (χ3v) is 4.25. The lowest BCUT2D eigenvalue weighted by molar-refractivity contribution is 0.0926. The van der Waals surface area contributed by atoms with Crippen molar-refractivity contribution in [1.29, 1.82) is 0 Å². The Balaban J connectivity index is 2.26. The summed E-state index contributed by atoms with van der Waals surface area (Å²) < 4.78 is 1.07. The molecule has 1 fully saturated rings. The van der Waals surface area contributed by atoms with Crippen molar-refractivity contribution >= 4 is 21.7 Å². The number of piperidine rings is 1. The fraction of sp³-hybridized carbons (Fsp3) is 0.500. The van der Waals surface area contributed by atoms with Crippen LogP contribution >= 0.6 is 15.9 Å². The van der Waals surface area contributed by atoms with Crippen molar-refractivity contribution in [2.45, 2.75) is 39.2 Å². The highest BCUT2D eigenvalue weighted by Crippen LogP contribution is 2.23. The molecular weight excluding hydrogens is 278 g/mol. The molecule has 2 nitrogen and oxygen atoms in total. The quantitative estimate of drug-likeness (QED) is 0.848. The number of aryl methyl sites for hydroxylation is 2. The molecule has 1 atom stereocenters. The Bertz CT molecular complexity index is 436. The monoisotopic (exact) mass is 295 g/mol. The molecule has 2 rings (SSSR count). The summed E-state index contributed by atoms with van der Waals surface area (Å²) >= 11 is 3.50. The number of nitrogens with one attached hydrogen (secondary N) is 1. The standard InChI is InChI=1S/C14H18BrNO/c1-9-8-12(15)10(2)7-11(9)14(17)13-5-3-4-6-16-13/h7-8,13,16H,3-6H2,1-2H3. The second kappa shape index (κ2) is 5.32. The lowest BCUT2D eigenvalue weighted by atomic mass is 9.93. The zero-order chi connectivity index (χ0) is 12.4. The molecule has 3 heteroatoms. The highest BCUT2D eigenvalue weighted by Gasteiger charge is 2.23. The van der Waals surface area contributed by atoms with Crippen molar-refractivity contribution in [1.82, 2.24) is 5.32 Å². The summed E-state index contributed by atoms with van der Waals surface area (Å²) in [5, 5.41) is 3.32. The number of hydrogen-bond acceptors (Lipinski definition) is 2. The Hall–Kier alpha value is -0.670. The largest absolute Gasteiger partial charge is 0.307 e. The lowest BCUT2D eigenvalue weighted by Crippen LogP contribution is -2.40. The maximum absolute atomic E-state index is 12.4. The van der Waals surface area contributed by atoms with Gasteiger partial charge in [-0.15, -0.1) is 0 Å². The summed E-state index contributed by atoms with van der Waals surface area (Å²) in [6.07, 6.45) is 3.30. The Morgan fingerprint density at radius 1 is 1.29 bits per heavy atom. The van der Waals surface area contributed by atoms with E-state index in [4.69, 9.17) is 0 Å². The van der Waals surface area contributed by atoms with Crippen molar-refractivity contribution in [3.05, 3.63) is 33.3 Å². The van der Waals surface area contributed by atoms with Gasteiger partial charge >= 0.3 is 0 Å². The minimum Gasteiger partial charge on any atom is -0.307 e. The Kier molecular flexibility index (Phi) is 4.00. The van der Waals surface area contributed by atoms with Crippen LogP contribution in [0.1, 0.15) is 40.7 Å². The van der Waals surface area contributed by atoms with Gasteiger partial charge in [0.25, 0.3) is 0 Å². The summed E-state index contributed by atoms with van der Waals surface area (Å²) in [4.78, 5) is 12.4. The number of carbonyl (C=O) groups excluding carboxylic acids is 1. The van der Waals surface area contributed by atoms with E-state index in [1.165, 1.54) is 6.42 Å². The smallest absolute Gasteiger partial charge is 0.180 e. The summed E-state index contributed by atoms with van der Waals surface area (Å²) in [5.41, 5.74) is 3.04. The van der Waals surface area contributed by atoms with Gasteiger partial charge in [-0.25, -0.2) is 0 Å². The average Bonchev–Trinajstić information content (AvgIpc) is 2.34. The maximum Gasteiger partial charge on any atom is 0.180 e. The van der Waals surface area contributed by atoms with Gasteiger partial charge in [0.1, 0.15) is 0 Å². The predicted octanol–water partition coefficient (Wildman–Crippen LogP) is 3.39. The highest BCUT2D eigenvalue weighted by atomic mass is 79.9. The first kappa shape index (κ1) is 12.8. The number of ketones is 1. The number of rotatable bonds is 2. The van der Waals surface area contributed by atoms with E-state index in [-0.39, 0.29) is 11.8 Å². The minimum atomic E-state index is 0.0167. The molecule has 0 radical (unpaired) electrons.